The first-order valence-electron chi connectivity index (χ1n) is 9.16. The Morgan fingerprint density at radius 3 is 2.24 bits per heavy atom. The molecule has 0 saturated heterocycles. The van der Waals surface area contributed by atoms with Gasteiger partial charge in [0.05, 0.1) is 30.8 Å². The van der Waals surface area contributed by atoms with Crippen molar-refractivity contribution in [3.8, 4) is 0 Å². The van der Waals surface area contributed by atoms with Gasteiger partial charge in [-0.15, -0.1) is 0 Å². The van der Waals surface area contributed by atoms with E-state index in [-0.39, 0.29) is 25.4 Å². The number of hydrogen-bond acceptors (Lipinski definition) is 5. The number of ether oxygens (including phenoxy) is 1. The Bertz CT molecular complexity index is 490. The molecule has 0 aliphatic rings. The van der Waals surface area contributed by atoms with Crippen molar-refractivity contribution < 1.29 is 24.9 Å². The van der Waals surface area contributed by atoms with Gasteiger partial charge in [0, 0.05) is 0 Å². The topological polar surface area (TPSA) is 87.0 Å². The van der Waals surface area contributed by atoms with E-state index in [4.69, 9.17) is 4.74 Å². The number of aliphatic hydroxyl groups excluding tert-OH is 3. The van der Waals surface area contributed by atoms with Crippen LogP contribution in [-0.4, -0.2) is 46.2 Å². The smallest absolute Gasteiger partial charge is 0.313 e. The lowest BCUT2D eigenvalue weighted by molar-refractivity contribution is -0.147. The minimum Gasteiger partial charge on any atom is -0.466 e. The van der Waals surface area contributed by atoms with Gasteiger partial charge in [0.2, 0.25) is 0 Å². The minimum atomic E-state index is -0.876. The summed E-state index contributed by atoms with van der Waals surface area (Å²) in [6, 6.07) is 9.23. The Morgan fingerprint density at radius 2 is 1.68 bits per heavy atom. The van der Waals surface area contributed by atoms with Gasteiger partial charge in [-0.3, -0.25) is 4.79 Å². The molecule has 1 rings (SSSR count). The molecule has 0 heterocycles. The Balaban J connectivity index is 2.79. The van der Waals surface area contributed by atoms with Crippen molar-refractivity contribution in [2.75, 3.05) is 6.61 Å². The Morgan fingerprint density at radius 1 is 1.04 bits per heavy atom. The van der Waals surface area contributed by atoms with Crippen LogP contribution in [0.3, 0.4) is 0 Å². The van der Waals surface area contributed by atoms with Crippen molar-refractivity contribution in [1.82, 2.24) is 0 Å². The van der Waals surface area contributed by atoms with Crippen molar-refractivity contribution in [2.24, 2.45) is 5.92 Å². The second-order valence-corrected chi connectivity index (χ2v) is 6.63. The highest BCUT2D eigenvalue weighted by atomic mass is 16.5. The van der Waals surface area contributed by atoms with Crippen LogP contribution in [0.15, 0.2) is 30.3 Å². The first-order chi connectivity index (χ1) is 11.9. The lowest BCUT2D eigenvalue weighted by Gasteiger charge is -2.28. The molecule has 0 aliphatic heterocycles. The summed E-state index contributed by atoms with van der Waals surface area (Å²) in [5.41, 5.74) is 0.785. The van der Waals surface area contributed by atoms with Gasteiger partial charge in [-0.25, -0.2) is 0 Å². The maximum absolute atomic E-state index is 12.4. The van der Waals surface area contributed by atoms with Crippen molar-refractivity contribution >= 4 is 5.97 Å². The molecule has 3 N–H and O–H groups in total. The van der Waals surface area contributed by atoms with Crippen LogP contribution in [0.4, 0.5) is 0 Å². The molecule has 25 heavy (non-hydrogen) atoms. The van der Waals surface area contributed by atoms with Gasteiger partial charge in [-0.2, -0.15) is 0 Å². The SMILES string of the molecule is CCCC(O)CC(O)CC(O)C(C)C(C(=O)OCC)c1ccccc1. The molecular formula is C20H32O5. The van der Waals surface area contributed by atoms with Crippen molar-refractivity contribution in [1.29, 1.82) is 0 Å². The standard InChI is InChI=1S/C20H32O5/c1-4-9-16(21)12-17(22)13-18(23)14(3)19(20(24)25-5-2)15-10-7-6-8-11-15/h6-8,10-11,14,16-19,21-23H,4-5,9,12-13H2,1-3H3. The van der Waals surface area contributed by atoms with Crippen LogP contribution in [0.2, 0.25) is 0 Å². The summed E-state index contributed by atoms with van der Waals surface area (Å²) in [6.45, 7) is 5.78. The fraction of sp³-hybridized carbons (Fsp3) is 0.650. The average molecular weight is 352 g/mol. The molecule has 5 heteroatoms. The van der Waals surface area contributed by atoms with Crippen molar-refractivity contribution in [3.63, 3.8) is 0 Å². The number of hydrogen-bond donors (Lipinski definition) is 3. The average Bonchev–Trinajstić information content (AvgIpc) is 2.56. The highest BCUT2D eigenvalue weighted by molar-refractivity contribution is 5.78. The van der Waals surface area contributed by atoms with E-state index in [1.807, 2.05) is 37.3 Å². The van der Waals surface area contributed by atoms with Gasteiger partial charge in [-0.05, 0) is 37.7 Å². The molecule has 0 saturated carbocycles. The van der Waals surface area contributed by atoms with Crippen LogP contribution in [0.5, 0.6) is 0 Å². The highest BCUT2D eigenvalue weighted by Crippen LogP contribution is 2.30. The maximum atomic E-state index is 12.4. The molecule has 142 valence electrons. The molecular weight excluding hydrogens is 320 g/mol. The van der Waals surface area contributed by atoms with Crippen LogP contribution in [0.1, 0.15) is 57.9 Å². The summed E-state index contributed by atoms with van der Waals surface area (Å²) in [5.74, 6) is -1.39. The van der Waals surface area contributed by atoms with Gasteiger partial charge in [0.15, 0.2) is 0 Å². The van der Waals surface area contributed by atoms with E-state index in [2.05, 4.69) is 0 Å². The van der Waals surface area contributed by atoms with Crippen molar-refractivity contribution in [2.45, 2.75) is 70.7 Å². The number of aliphatic hydroxyl groups is 3. The molecule has 0 aromatic heterocycles. The second kappa shape index (κ2) is 11.2. The number of benzene rings is 1. The van der Waals surface area contributed by atoms with Crippen LogP contribution in [0, 0.1) is 5.92 Å². The summed E-state index contributed by atoms with van der Waals surface area (Å²) in [5, 5.41) is 30.5. The molecule has 0 amide bonds. The molecule has 0 spiro atoms. The van der Waals surface area contributed by atoms with E-state index in [9.17, 15) is 20.1 Å². The maximum Gasteiger partial charge on any atom is 0.313 e. The van der Waals surface area contributed by atoms with Crippen molar-refractivity contribution in [3.05, 3.63) is 35.9 Å². The van der Waals surface area contributed by atoms with Crippen LogP contribution in [-0.2, 0) is 9.53 Å². The number of rotatable bonds is 11. The predicted octanol–water partition coefficient (Wildman–Crippen LogP) is 2.63. The van der Waals surface area contributed by atoms with E-state index >= 15 is 0 Å². The van der Waals surface area contributed by atoms with Gasteiger partial charge in [-0.1, -0.05) is 50.6 Å². The summed E-state index contributed by atoms with van der Waals surface area (Å²) in [7, 11) is 0. The zero-order valence-corrected chi connectivity index (χ0v) is 15.5. The largest absolute Gasteiger partial charge is 0.466 e. The highest BCUT2D eigenvalue weighted by Gasteiger charge is 2.33. The number of esters is 1. The first-order valence-corrected chi connectivity index (χ1v) is 9.16. The van der Waals surface area contributed by atoms with E-state index in [1.165, 1.54) is 0 Å². The van der Waals surface area contributed by atoms with Gasteiger partial charge in [0.25, 0.3) is 0 Å². The predicted molar refractivity (Wildman–Crippen MR) is 97.1 cm³/mol. The molecule has 1 aromatic rings. The summed E-state index contributed by atoms with van der Waals surface area (Å²) in [4.78, 5) is 12.4. The summed E-state index contributed by atoms with van der Waals surface area (Å²) < 4.78 is 5.18. The van der Waals surface area contributed by atoms with E-state index < -0.39 is 30.1 Å². The molecule has 1 aromatic carbocycles. The second-order valence-electron chi connectivity index (χ2n) is 6.63. The van der Waals surface area contributed by atoms with Gasteiger partial charge < -0.3 is 20.1 Å². The lowest BCUT2D eigenvalue weighted by Crippen LogP contribution is -2.33. The van der Waals surface area contributed by atoms with Crippen LogP contribution < -0.4 is 0 Å². The molecule has 0 radical (unpaired) electrons. The van der Waals surface area contributed by atoms with Crippen LogP contribution in [0.25, 0.3) is 0 Å². The third-order valence-electron chi connectivity index (χ3n) is 4.51. The first kappa shape index (κ1) is 21.6. The fourth-order valence-corrected chi connectivity index (χ4v) is 3.12. The Labute approximate surface area is 150 Å². The fourth-order valence-electron chi connectivity index (χ4n) is 3.12. The molecule has 0 bridgehead atoms. The molecule has 5 atom stereocenters. The number of carbonyl (C=O) groups excluding carboxylic acids is 1. The monoisotopic (exact) mass is 352 g/mol. The minimum absolute atomic E-state index is 0.116. The lowest BCUT2D eigenvalue weighted by atomic mass is 9.81. The Kier molecular flexibility index (Phi) is 9.71. The van der Waals surface area contributed by atoms with Gasteiger partial charge in [0.1, 0.15) is 0 Å². The summed E-state index contributed by atoms with van der Waals surface area (Å²) in [6.07, 6.45) is -0.449. The third kappa shape index (κ3) is 7.14. The molecule has 5 unspecified atom stereocenters. The third-order valence-corrected chi connectivity index (χ3v) is 4.51. The summed E-state index contributed by atoms with van der Waals surface area (Å²) >= 11 is 0. The van der Waals surface area contributed by atoms with E-state index in [0.29, 0.717) is 6.42 Å². The molecule has 0 aliphatic carbocycles. The van der Waals surface area contributed by atoms with Crippen LogP contribution >= 0.6 is 0 Å². The van der Waals surface area contributed by atoms with Gasteiger partial charge >= 0.3 is 5.97 Å². The normalized spacial score (nSPS) is 17.4. The van der Waals surface area contributed by atoms with E-state index in [1.54, 1.807) is 13.8 Å². The van der Waals surface area contributed by atoms with E-state index in [0.717, 1.165) is 12.0 Å². The number of carbonyl (C=O) groups is 1. The zero-order valence-electron chi connectivity index (χ0n) is 15.5. The quantitative estimate of drug-likeness (QED) is 0.533. The molecule has 0 fully saturated rings. The Hall–Kier alpha value is -1.43. The molecule has 5 nitrogen and oxygen atoms in total. The zero-order chi connectivity index (χ0) is 18.8.